The van der Waals surface area contributed by atoms with Crippen LogP contribution in [-0.2, 0) is 16.1 Å². The molecule has 0 radical (unpaired) electrons. The fraction of sp³-hybridized carbons (Fsp3) is 0.517. The molecule has 0 N–H and O–H groups in total. The van der Waals surface area contributed by atoms with Crippen molar-refractivity contribution in [2.75, 3.05) is 0 Å². The minimum atomic E-state index is -0.715. The first kappa shape index (κ1) is 22.9. The molecule has 1 spiro atoms. The smallest absolute Gasteiger partial charge is 0.418 e. The zero-order valence-corrected chi connectivity index (χ0v) is 20.5. The molecule has 0 aromatic heterocycles. The molecule has 1 aromatic rings. The summed E-state index contributed by atoms with van der Waals surface area (Å²) in [5.41, 5.74) is 1.53. The van der Waals surface area contributed by atoms with Gasteiger partial charge < -0.3 is 9.64 Å². The van der Waals surface area contributed by atoms with E-state index < -0.39 is 5.41 Å². The lowest BCUT2D eigenvalue weighted by Gasteiger charge is -2.37. The van der Waals surface area contributed by atoms with Gasteiger partial charge in [-0.15, -0.1) is 0 Å². The van der Waals surface area contributed by atoms with Crippen molar-refractivity contribution in [3.8, 4) is 0 Å². The van der Waals surface area contributed by atoms with Crippen LogP contribution in [0, 0.1) is 29.1 Å². The molecule has 5 nitrogen and oxygen atoms in total. The first-order valence-electron chi connectivity index (χ1n) is 12.8. The molecule has 2 amide bonds. The number of nitrogens with zero attached hydrogens (tertiary/aromatic N) is 2. The predicted molar refractivity (Wildman–Crippen MR) is 132 cm³/mol. The third kappa shape index (κ3) is 3.99. The number of benzene rings is 1. The fourth-order valence-electron chi connectivity index (χ4n) is 6.35. The summed E-state index contributed by atoms with van der Waals surface area (Å²) in [4.78, 5) is 30.2. The number of carbonyl (C=O) groups is 2. The Labute approximate surface area is 203 Å². The number of amides is 2. The molecule has 4 unspecified atom stereocenters. The Morgan fingerprint density at radius 2 is 1.85 bits per heavy atom. The van der Waals surface area contributed by atoms with Crippen LogP contribution in [0.3, 0.4) is 0 Å². The van der Waals surface area contributed by atoms with Gasteiger partial charge in [-0.05, 0) is 61.2 Å². The van der Waals surface area contributed by atoms with Crippen molar-refractivity contribution in [1.29, 1.82) is 0 Å². The quantitative estimate of drug-likeness (QED) is 0.534. The maximum Gasteiger partial charge on any atom is 0.418 e. The van der Waals surface area contributed by atoms with E-state index in [2.05, 4.69) is 39.0 Å². The van der Waals surface area contributed by atoms with Gasteiger partial charge in [0.1, 0.15) is 6.10 Å². The Morgan fingerprint density at radius 3 is 2.56 bits per heavy atom. The van der Waals surface area contributed by atoms with Gasteiger partial charge in [0, 0.05) is 24.0 Å². The zero-order chi connectivity index (χ0) is 23.9. The highest BCUT2D eigenvalue weighted by molar-refractivity contribution is 5.93. The van der Waals surface area contributed by atoms with E-state index in [0.717, 1.165) is 36.9 Å². The SMILES string of the molecule is CC1CCC(C(C)C)C(OC(=O)N2C=CC3(C=C2)C(=O)N(Cc2ccccc2)C2=CCCC23)C1. The monoisotopic (exact) mass is 460 g/mol. The molecule has 1 saturated carbocycles. The van der Waals surface area contributed by atoms with Crippen LogP contribution in [0.2, 0.25) is 0 Å². The molecular formula is C29H36N2O3. The first-order chi connectivity index (χ1) is 16.4. The summed E-state index contributed by atoms with van der Waals surface area (Å²) in [5.74, 6) is 1.68. The van der Waals surface area contributed by atoms with Crippen molar-refractivity contribution in [3.63, 3.8) is 0 Å². The van der Waals surface area contributed by atoms with Gasteiger partial charge in [-0.2, -0.15) is 0 Å². The van der Waals surface area contributed by atoms with E-state index in [-0.39, 0.29) is 24.0 Å². The third-order valence-corrected chi connectivity index (χ3v) is 8.30. The molecule has 34 heavy (non-hydrogen) atoms. The number of fused-ring (bicyclic) bond motifs is 2. The highest BCUT2D eigenvalue weighted by Crippen LogP contribution is 2.53. The topological polar surface area (TPSA) is 49.9 Å². The number of hydrogen-bond donors (Lipinski definition) is 0. The maximum absolute atomic E-state index is 13.7. The molecule has 2 aliphatic heterocycles. The number of hydrogen-bond acceptors (Lipinski definition) is 3. The Hall–Kier alpha value is -2.82. The van der Waals surface area contributed by atoms with Crippen LogP contribution >= 0.6 is 0 Å². The number of carbonyl (C=O) groups excluding carboxylic acids is 2. The van der Waals surface area contributed by atoms with Crippen molar-refractivity contribution < 1.29 is 14.3 Å². The molecule has 2 aliphatic carbocycles. The summed E-state index contributed by atoms with van der Waals surface area (Å²) in [7, 11) is 0. The van der Waals surface area contributed by atoms with Crippen molar-refractivity contribution in [1.82, 2.24) is 9.80 Å². The van der Waals surface area contributed by atoms with E-state index >= 15 is 0 Å². The van der Waals surface area contributed by atoms with E-state index in [0.29, 0.717) is 24.3 Å². The number of likely N-dealkylation sites (tertiary alicyclic amines) is 1. The van der Waals surface area contributed by atoms with Crippen LogP contribution in [0.15, 0.2) is 66.7 Å². The summed E-state index contributed by atoms with van der Waals surface area (Å²) in [6.07, 6.45) is 14.3. The number of ether oxygens (including phenoxy) is 1. The highest BCUT2D eigenvalue weighted by Gasteiger charge is 2.55. The first-order valence-corrected chi connectivity index (χ1v) is 12.8. The Morgan fingerprint density at radius 1 is 1.12 bits per heavy atom. The Bertz CT molecular complexity index is 1010. The van der Waals surface area contributed by atoms with Gasteiger partial charge >= 0.3 is 6.09 Å². The summed E-state index contributed by atoms with van der Waals surface area (Å²) in [6, 6.07) is 10.1. The minimum Gasteiger partial charge on any atom is -0.445 e. The molecule has 0 bridgehead atoms. The molecule has 1 aromatic carbocycles. The van der Waals surface area contributed by atoms with Gasteiger partial charge in [0.25, 0.3) is 0 Å². The maximum atomic E-state index is 13.7. The molecule has 4 atom stereocenters. The molecule has 2 heterocycles. The lowest BCUT2D eigenvalue weighted by atomic mass is 9.75. The number of allylic oxidation sites excluding steroid dienone is 2. The standard InChI is InChI=1S/C29H36N2O3/c1-20(2)23-13-12-21(3)18-26(23)34-28(33)30-16-14-29(15-17-30)24-10-7-11-25(24)31(27(29)32)19-22-8-5-4-6-9-22/h4-6,8-9,11,14-17,20-21,23-24,26H,7,10,12-13,18-19H2,1-3H3. The fourth-order valence-corrected chi connectivity index (χ4v) is 6.35. The summed E-state index contributed by atoms with van der Waals surface area (Å²) >= 11 is 0. The lowest BCUT2D eigenvalue weighted by molar-refractivity contribution is -0.132. The molecule has 1 saturated heterocycles. The lowest BCUT2D eigenvalue weighted by Crippen LogP contribution is -2.40. The average Bonchev–Trinajstić information content (AvgIpc) is 3.39. The van der Waals surface area contributed by atoms with E-state index in [4.69, 9.17) is 4.74 Å². The second-order valence-electron chi connectivity index (χ2n) is 10.9. The van der Waals surface area contributed by atoms with Crippen molar-refractivity contribution >= 4 is 12.0 Å². The normalized spacial score (nSPS) is 29.6. The summed E-state index contributed by atoms with van der Waals surface area (Å²) in [5, 5.41) is 0. The molecule has 4 aliphatic rings. The van der Waals surface area contributed by atoms with Gasteiger partial charge in [0.05, 0.1) is 12.0 Å². The average molecular weight is 461 g/mol. The second-order valence-corrected chi connectivity index (χ2v) is 10.9. The summed E-state index contributed by atoms with van der Waals surface area (Å²) < 4.78 is 6.02. The van der Waals surface area contributed by atoms with Crippen LogP contribution in [0.5, 0.6) is 0 Å². The molecule has 5 rings (SSSR count). The Balaban J connectivity index is 1.31. The highest BCUT2D eigenvalue weighted by atomic mass is 16.6. The van der Waals surface area contributed by atoms with Crippen molar-refractivity contribution in [3.05, 3.63) is 72.2 Å². The molecule has 2 fully saturated rings. The largest absolute Gasteiger partial charge is 0.445 e. The van der Waals surface area contributed by atoms with E-state index in [9.17, 15) is 9.59 Å². The van der Waals surface area contributed by atoms with Gasteiger partial charge in [0.15, 0.2) is 0 Å². The van der Waals surface area contributed by atoms with Gasteiger partial charge in [-0.25, -0.2) is 4.79 Å². The van der Waals surface area contributed by atoms with E-state index in [1.165, 1.54) is 11.3 Å². The third-order valence-electron chi connectivity index (χ3n) is 8.30. The van der Waals surface area contributed by atoms with Crippen LogP contribution in [0.25, 0.3) is 0 Å². The molecule has 5 heteroatoms. The van der Waals surface area contributed by atoms with Gasteiger partial charge in [-0.1, -0.05) is 63.6 Å². The second kappa shape index (κ2) is 9.09. The zero-order valence-electron chi connectivity index (χ0n) is 20.5. The number of rotatable bonds is 4. The summed E-state index contributed by atoms with van der Waals surface area (Å²) in [6.45, 7) is 7.24. The Kier molecular flexibility index (Phi) is 6.13. The molecule has 180 valence electrons. The molecular weight excluding hydrogens is 424 g/mol. The van der Waals surface area contributed by atoms with Gasteiger partial charge in [0.2, 0.25) is 5.91 Å². The van der Waals surface area contributed by atoms with Gasteiger partial charge in [-0.3, -0.25) is 9.69 Å². The van der Waals surface area contributed by atoms with Crippen molar-refractivity contribution in [2.45, 2.75) is 65.5 Å². The van der Waals surface area contributed by atoms with E-state index in [1.54, 1.807) is 12.4 Å². The van der Waals surface area contributed by atoms with Crippen LogP contribution in [0.1, 0.15) is 58.4 Å². The van der Waals surface area contributed by atoms with Crippen LogP contribution < -0.4 is 0 Å². The van der Waals surface area contributed by atoms with E-state index in [1.807, 2.05) is 35.3 Å². The van der Waals surface area contributed by atoms with Crippen LogP contribution in [-0.4, -0.2) is 27.9 Å². The minimum absolute atomic E-state index is 0.0484. The predicted octanol–water partition coefficient (Wildman–Crippen LogP) is 6.25. The van der Waals surface area contributed by atoms with Crippen LogP contribution in [0.4, 0.5) is 4.79 Å². The van der Waals surface area contributed by atoms with Crippen molar-refractivity contribution in [2.24, 2.45) is 29.1 Å².